The summed E-state index contributed by atoms with van der Waals surface area (Å²) in [5.74, 6) is 1.13. The SMILES string of the molecule is O=C(c1cccs1)N1CCCC1c1nc(-c2ccccc2)no1. The Hall–Kier alpha value is -2.47. The second kappa shape index (κ2) is 5.96. The van der Waals surface area contributed by atoms with Crippen LogP contribution in [0.5, 0.6) is 0 Å². The van der Waals surface area contributed by atoms with E-state index in [2.05, 4.69) is 10.1 Å². The number of thiophene rings is 1. The number of amides is 1. The number of likely N-dealkylation sites (tertiary alicyclic amines) is 1. The van der Waals surface area contributed by atoms with Gasteiger partial charge in [-0.1, -0.05) is 41.6 Å². The molecule has 3 aromatic rings. The molecule has 0 N–H and O–H groups in total. The second-order valence-electron chi connectivity index (χ2n) is 5.46. The predicted molar refractivity (Wildman–Crippen MR) is 87.1 cm³/mol. The van der Waals surface area contributed by atoms with E-state index < -0.39 is 0 Å². The summed E-state index contributed by atoms with van der Waals surface area (Å²) in [4.78, 5) is 19.7. The van der Waals surface area contributed by atoms with Crippen LogP contribution in [0.15, 0.2) is 52.4 Å². The molecule has 23 heavy (non-hydrogen) atoms. The first kappa shape index (κ1) is 14.1. The van der Waals surface area contributed by atoms with Gasteiger partial charge in [0.25, 0.3) is 5.91 Å². The Balaban J connectivity index is 1.60. The molecule has 6 heteroatoms. The molecule has 1 saturated heterocycles. The molecule has 116 valence electrons. The number of hydrogen-bond acceptors (Lipinski definition) is 5. The molecule has 0 aliphatic carbocycles. The zero-order valence-electron chi connectivity index (χ0n) is 12.4. The van der Waals surface area contributed by atoms with Crippen LogP contribution in [0.2, 0.25) is 0 Å². The molecular weight excluding hydrogens is 310 g/mol. The average molecular weight is 325 g/mol. The third-order valence-electron chi connectivity index (χ3n) is 4.00. The minimum absolute atomic E-state index is 0.0435. The fourth-order valence-corrected chi connectivity index (χ4v) is 3.56. The van der Waals surface area contributed by atoms with Crippen LogP contribution < -0.4 is 0 Å². The van der Waals surface area contributed by atoms with Gasteiger partial charge in [0.1, 0.15) is 6.04 Å². The number of carbonyl (C=O) groups is 1. The van der Waals surface area contributed by atoms with E-state index in [1.54, 1.807) is 0 Å². The standard InChI is InChI=1S/C17H15N3O2S/c21-17(14-9-5-11-23-14)20-10-4-8-13(20)16-18-15(19-22-16)12-6-2-1-3-7-12/h1-3,5-7,9,11,13H,4,8,10H2. The van der Waals surface area contributed by atoms with Gasteiger partial charge in [-0.25, -0.2) is 0 Å². The van der Waals surface area contributed by atoms with Crippen molar-refractivity contribution < 1.29 is 9.32 Å². The maximum Gasteiger partial charge on any atom is 0.264 e. The highest BCUT2D eigenvalue weighted by Gasteiger charge is 2.34. The molecule has 1 aliphatic heterocycles. The summed E-state index contributed by atoms with van der Waals surface area (Å²) in [5.41, 5.74) is 0.914. The van der Waals surface area contributed by atoms with Crippen LogP contribution in [0.3, 0.4) is 0 Å². The highest BCUT2D eigenvalue weighted by Crippen LogP contribution is 2.33. The molecule has 1 aliphatic rings. The van der Waals surface area contributed by atoms with E-state index >= 15 is 0 Å². The molecule has 0 spiro atoms. The molecule has 4 rings (SSSR count). The minimum atomic E-state index is -0.130. The maximum atomic E-state index is 12.6. The summed E-state index contributed by atoms with van der Waals surface area (Å²) in [6, 6.07) is 13.3. The molecule has 3 heterocycles. The molecule has 1 fully saturated rings. The number of nitrogens with zero attached hydrogens (tertiary/aromatic N) is 3. The number of benzene rings is 1. The van der Waals surface area contributed by atoms with Crippen molar-refractivity contribution in [1.29, 1.82) is 0 Å². The highest BCUT2D eigenvalue weighted by atomic mass is 32.1. The quantitative estimate of drug-likeness (QED) is 0.735. The van der Waals surface area contributed by atoms with Gasteiger partial charge in [0.05, 0.1) is 4.88 Å². The Bertz CT molecular complexity index is 798. The minimum Gasteiger partial charge on any atom is -0.337 e. The van der Waals surface area contributed by atoms with Crippen LogP contribution >= 0.6 is 11.3 Å². The molecule has 0 radical (unpaired) electrons. The van der Waals surface area contributed by atoms with Gasteiger partial charge in [-0.05, 0) is 24.3 Å². The predicted octanol–water partition coefficient (Wildman–Crippen LogP) is 3.78. The second-order valence-corrected chi connectivity index (χ2v) is 6.40. The number of rotatable bonds is 3. The smallest absolute Gasteiger partial charge is 0.264 e. The van der Waals surface area contributed by atoms with Gasteiger partial charge in [0, 0.05) is 12.1 Å². The van der Waals surface area contributed by atoms with Gasteiger partial charge in [-0.15, -0.1) is 11.3 Å². The molecule has 1 amide bonds. The fourth-order valence-electron chi connectivity index (χ4n) is 2.88. The van der Waals surface area contributed by atoms with Gasteiger partial charge in [-0.3, -0.25) is 4.79 Å². The van der Waals surface area contributed by atoms with E-state index in [0.29, 0.717) is 11.7 Å². The first-order valence-electron chi connectivity index (χ1n) is 7.56. The lowest BCUT2D eigenvalue weighted by Gasteiger charge is -2.20. The van der Waals surface area contributed by atoms with Crippen molar-refractivity contribution in [2.75, 3.05) is 6.54 Å². The van der Waals surface area contributed by atoms with Gasteiger partial charge in [0.15, 0.2) is 0 Å². The molecular formula is C17H15N3O2S. The fraction of sp³-hybridized carbons (Fsp3) is 0.235. The monoisotopic (exact) mass is 325 g/mol. The van der Waals surface area contributed by atoms with Crippen molar-refractivity contribution >= 4 is 17.2 Å². The topological polar surface area (TPSA) is 59.2 Å². The van der Waals surface area contributed by atoms with Crippen molar-refractivity contribution in [3.63, 3.8) is 0 Å². The highest BCUT2D eigenvalue weighted by molar-refractivity contribution is 7.12. The summed E-state index contributed by atoms with van der Waals surface area (Å²) in [6.07, 6.45) is 1.80. The Morgan fingerprint density at radius 3 is 2.87 bits per heavy atom. The zero-order chi connectivity index (χ0) is 15.6. The third-order valence-corrected chi connectivity index (χ3v) is 4.86. The Kier molecular flexibility index (Phi) is 3.67. The van der Waals surface area contributed by atoms with Crippen LogP contribution in [0.1, 0.15) is 34.4 Å². The van der Waals surface area contributed by atoms with Gasteiger partial charge in [-0.2, -0.15) is 4.98 Å². The molecule has 0 bridgehead atoms. The first-order valence-corrected chi connectivity index (χ1v) is 8.44. The summed E-state index contributed by atoms with van der Waals surface area (Å²) in [7, 11) is 0. The van der Waals surface area contributed by atoms with Gasteiger partial charge >= 0.3 is 0 Å². The van der Waals surface area contributed by atoms with Crippen molar-refractivity contribution in [2.45, 2.75) is 18.9 Å². The normalized spacial score (nSPS) is 17.6. The maximum absolute atomic E-state index is 12.6. The van der Waals surface area contributed by atoms with Crippen LogP contribution in [0.25, 0.3) is 11.4 Å². The van der Waals surface area contributed by atoms with Crippen molar-refractivity contribution in [3.05, 3.63) is 58.6 Å². The largest absolute Gasteiger partial charge is 0.337 e. The van der Waals surface area contributed by atoms with E-state index in [1.165, 1.54) is 11.3 Å². The molecule has 0 saturated carbocycles. The first-order chi connectivity index (χ1) is 11.3. The van der Waals surface area contributed by atoms with Crippen molar-refractivity contribution in [1.82, 2.24) is 15.0 Å². The Morgan fingerprint density at radius 1 is 1.22 bits per heavy atom. The number of hydrogen-bond donors (Lipinski definition) is 0. The Morgan fingerprint density at radius 2 is 2.09 bits per heavy atom. The van der Waals surface area contributed by atoms with Crippen molar-refractivity contribution in [2.24, 2.45) is 0 Å². The molecule has 2 aromatic heterocycles. The Labute approximate surface area is 137 Å². The van der Waals surface area contributed by atoms with Gasteiger partial charge in [0.2, 0.25) is 11.7 Å². The van der Waals surface area contributed by atoms with E-state index in [-0.39, 0.29) is 11.9 Å². The number of carbonyl (C=O) groups excluding carboxylic acids is 1. The summed E-state index contributed by atoms with van der Waals surface area (Å²) in [5, 5.41) is 5.98. The van der Waals surface area contributed by atoms with Crippen LogP contribution in [-0.4, -0.2) is 27.5 Å². The van der Waals surface area contributed by atoms with E-state index in [4.69, 9.17) is 4.52 Å². The lowest BCUT2D eigenvalue weighted by molar-refractivity contribution is 0.0715. The summed E-state index contributed by atoms with van der Waals surface area (Å²) in [6.45, 7) is 0.727. The molecule has 1 unspecified atom stereocenters. The van der Waals surface area contributed by atoms with Crippen LogP contribution in [-0.2, 0) is 0 Å². The molecule has 1 aromatic carbocycles. The van der Waals surface area contributed by atoms with E-state index in [9.17, 15) is 4.79 Å². The summed E-state index contributed by atoms with van der Waals surface area (Å²) < 4.78 is 5.45. The van der Waals surface area contributed by atoms with Crippen LogP contribution in [0, 0.1) is 0 Å². The summed E-state index contributed by atoms with van der Waals surface area (Å²) >= 11 is 1.46. The molecule has 5 nitrogen and oxygen atoms in total. The van der Waals surface area contributed by atoms with Crippen molar-refractivity contribution in [3.8, 4) is 11.4 Å². The van der Waals surface area contributed by atoms with Gasteiger partial charge < -0.3 is 9.42 Å². The van der Waals surface area contributed by atoms with E-state index in [1.807, 2.05) is 52.7 Å². The van der Waals surface area contributed by atoms with Crippen LogP contribution in [0.4, 0.5) is 0 Å². The number of aromatic nitrogens is 2. The lowest BCUT2D eigenvalue weighted by atomic mass is 10.2. The lowest BCUT2D eigenvalue weighted by Crippen LogP contribution is -2.30. The third kappa shape index (κ3) is 2.66. The van der Waals surface area contributed by atoms with E-state index in [0.717, 1.165) is 29.8 Å². The average Bonchev–Trinajstić information content (AvgIpc) is 3.35. The zero-order valence-corrected chi connectivity index (χ0v) is 13.2. The molecule has 1 atom stereocenters.